The smallest absolute Gasteiger partial charge is 0.327 e. The summed E-state index contributed by atoms with van der Waals surface area (Å²) in [6.45, 7) is 2.04. The molecular weight excluding hydrogens is 350 g/mol. The summed E-state index contributed by atoms with van der Waals surface area (Å²) in [6, 6.07) is 6.09. The van der Waals surface area contributed by atoms with Crippen molar-refractivity contribution in [3.63, 3.8) is 0 Å². The SMILES string of the molecule is CCc1ccc(C=C2SC(=S)N(C(CC(=O)O)C(=O)O)C2=O)cc1. The largest absolute Gasteiger partial charge is 0.481 e. The second-order valence-corrected chi connectivity index (χ2v) is 6.77. The molecule has 0 aliphatic carbocycles. The summed E-state index contributed by atoms with van der Waals surface area (Å²) in [7, 11) is 0. The number of rotatable bonds is 6. The zero-order valence-electron chi connectivity index (χ0n) is 12.8. The van der Waals surface area contributed by atoms with Gasteiger partial charge in [0, 0.05) is 0 Å². The van der Waals surface area contributed by atoms with Gasteiger partial charge >= 0.3 is 11.9 Å². The maximum atomic E-state index is 12.5. The van der Waals surface area contributed by atoms with Gasteiger partial charge in [0.05, 0.1) is 11.3 Å². The van der Waals surface area contributed by atoms with Crippen LogP contribution in [0.2, 0.25) is 0 Å². The Bertz CT molecular complexity index is 726. The molecule has 1 atom stereocenters. The molecule has 126 valence electrons. The number of nitrogens with zero attached hydrogens (tertiary/aromatic N) is 1. The average molecular weight is 365 g/mol. The van der Waals surface area contributed by atoms with Crippen LogP contribution in [-0.4, -0.2) is 43.3 Å². The van der Waals surface area contributed by atoms with Crippen molar-refractivity contribution < 1.29 is 24.6 Å². The lowest BCUT2D eigenvalue weighted by Gasteiger charge is -2.21. The molecule has 0 bridgehead atoms. The van der Waals surface area contributed by atoms with Gasteiger partial charge in [0.15, 0.2) is 0 Å². The minimum Gasteiger partial charge on any atom is -0.481 e. The number of thioether (sulfide) groups is 1. The molecule has 1 unspecified atom stereocenters. The number of carboxylic acid groups (broad SMARTS) is 2. The standard InChI is InChI=1S/C16H15NO5S2/c1-2-9-3-5-10(6-4-9)7-12-14(20)17(16(23)24-12)11(15(21)22)8-13(18)19/h3-7,11H,2,8H2,1H3,(H,18,19)(H,21,22). The monoisotopic (exact) mass is 365 g/mol. The van der Waals surface area contributed by atoms with E-state index in [0.29, 0.717) is 0 Å². The molecule has 1 aliphatic heterocycles. The van der Waals surface area contributed by atoms with Crippen LogP contribution >= 0.6 is 24.0 Å². The van der Waals surface area contributed by atoms with E-state index in [1.165, 1.54) is 0 Å². The Morgan fingerprint density at radius 3 is 2.42 bits per heavy atom. The number of carbonyl (C=O) groups excluding carboxylic acids is 1. The first-order chi connectivity index (χ1) is 11.3. The molecule has 6 nitrogen and oxygen atoms in total. The minimum atomic E-state index is -1.51. The molecule has 8 heteroatoms. The van der Waals surface area contributed by atoms with Crippen molar-refractivity contribution in [2.75, 3.05) is 0 Å². The van der Waals surface area contributed by atoms with Crippen molar-refractivity contribution in [3.8, 4) is 0 Å². The first-order valence-electron chi connectivity index (χ1n) is 7.14. The molecule has 1 aromatic carbocycles. The van der Waals surface area contributed by atoms with Crippen LogP contribution in [0.1, 0.15) is 24.5 Å². The number of thiocarbonyl (C=S) groups is 1. The highest BCUT2D eigenvalue weighted by Crippen LogP contribution is 2.34. The highest BCUT2D eigenvalue weighted by atomic mass is 32.2. The number of carbonyl (C=O) groups is 3. The Labute approximate surface area is 148 Å². The Morgan fingerprint density at radius 2 is 1.92 bits per heavy atom. The topological polar surface area (TPSA) is 94.9 Å². The number of hydrogen-bond donors (Lipinski definition) is 2. The molecule has 0 spiro atoms. The van der Waals surface area contributed by atoms with Gasteiger partial charge in [-0.3, -0.25) is 14.5 Å². The highest BCUT2D eigenvalue weighted by molar-refractivity contribution is 8.26. The fraction of sp³-hybridized carbons (Fsp3) is 0.250. The lowest BCUT2D eigenvalue weighted by Crippen LogP contribution is -2.45. The van der Waals surface area contributed by atoms with E-state index in [4.69, 9.17) is 17.3 Å². The molecule has 1 aromatic rings. The summed E-state index contributed by atoms with van der Waals surface area (Å²) in [5.41, 5.74) is 1.95. The van der Waals surface area contributed by atoms with Crippen LogP contribution in [0.25, 0.3) is 6.08 Å². The third kappa shape index (κ3) is 4.01. The lowest BCUT2D eigenvalue weighted by atomic mass is 10.1. The van der Waals surface area contributed by atoms with Crippen molar-refractivity contribution in [1.29, 1.82) is 0 Å². The van der Waals surface area contributed by atoms with Gasteiger partial charge in [-0.2, -0.15) is 0 Å². The van der Waals surface area contributed by atoms with Crippen molar-refractivity contribution in [3.05, 3.63) is 40.3 Å². The maximum absolute atomic E-state index is 12.5. The Balaban J connectivity index is 2.27. The molecule has 2 N–H and O–H groups in total. The normalized spacial score (nSPS) is 17.4. The zero-order valence-corrected chi connectivity index (χ0v) is 14.4. The number of amides is 1. The quantitative estimate of drug-likeness (QED) is 0.590. The van der Waals surface area contributed by atoms with E-state index in [0.717, 1.165) is 34.2 Å². The molecule has 0 aromatic heterocycles. The highest BCUT2D eigenvalue weighted by Gasteiger charge is 2.41. The van der Waals surface area contributed by atoms with Crippen LogP contribution in [0.3, 0.4) is 0 Å². The van der Waals surface area contributed by atoms with Gasteiger partial charge in [-0.25, -0.2) is 4.79 Å². The fourth-order valence-electron chi connectivity index (χ4n) is 2.20. The zero-order chi connectivity index (χ0) is 17.9. The molecule has 2 rings (SSSR count). The fourth-order valence-corrected chi connectivity index (χ4v) is 3.56. The summed E-state index contributed by atoms with van der Waals surface area (Å²) in [4.78, 5) is 35.8. The maximum Gasteiger partial charge on any atom is 0.327 e. The Kier molecular flexibility index (Phi) is 5.74. The first-order valence-corrected chi connectivity index (χ1v) is 8.36. The van der Waals surface area contributed by atoms with Gasteiger partial charge in [-0.15, -0.1) is 0 Å². The third-order valence-electron chi connectivity index (χ3n) is 3.47. The number of hydrogen-bond acceptors (Lipinski definition) is 5. The average Bonchev–Trinajstić information content (AvgIpc) is 2.79. The number of benzene rings is 1. The summed E-state index contributed by atoms with van der Waals surface area (Å²) in [6.07, 6.45) is 1.82. The van der Waals surface area contributed by atoms with Crippen LogP contribution in [0, 0.1) is 0 Å². The van der Waals surface area contributed by atoms with E-state index in [1.54, 1.807) is 6.08 Å². The van der Waals surface area contributed by atoms with Crippen LogP contribution in [0.5, 0.6) is 0 Å². The molecule has 1 saturated heterocycles. The number of carboxylic acids is 2. The van der Waals surface area contributed by atoms with E-state index in [-0.39, 0.29) is 9.23 Å². The van der Waals surface area contributed by atoms with E-state index in [2.05, 4.69) is 0 Å². The van der Waals surface area contributed by atoms with Crippen molar-refractivity contribution in [2.24, 2.45) is 0 Å². The first kappa shape index (κ1) is 18.2. The van der Waals surface area contributed by atoms with E-state index in [1.807, 2.05) is 31.2 Å². The minimum absolute atomic E-state index is 0.0464. The summed E-state index contributed by atoms with van der Waals surface area (Å²) < 4.78 is 0.0464. The van der Waals surface area contributed by atoms with Crippen LogP contribution < -0.4 is 0 Å². The van der Waals surface area contributed by atoms with Gasteiger partial charge in [0.25, 0.3) is 5.91 Å². The van der Waals surface area contributed by atoms with Crippen molar-refractivity contribution >= 4 is 52.2 Å². The number of aryl methyl sites for hydroxylation is 1. The number of aliphatic carboxylic acids is 2. The predicted molar refractivity (Wildman–Crippen MR) is 94.5 cm³/mol. The molecular formula is C16H15NO5S2. The molecule has 1 aliphatic rings. The van der Waals surface area contributed by atoms with E-state index in [9.17, 15) is 19.5 Å². The molecule has 1 heterocycles. The summed E-state index contributed by atoms with van der Waals surface area (Å²) >= 11 is 6.04. The van der Waals surface area contributed by atoms with Gasteiger partial charge in [-0.1, -0.05) is 55.2 Å². The third-order valence-corrected chi connectivity index (χ3v) is 4.80. The van der Waals surface area contributed by atoms with Gasteiger partial charge in [0.1, 0.15) is 10.4 Å². The van der Waals surface area contributed by atoms with Gasteiger partial charge in [0.2, 0.25) is 0 Å². The van der Waals surface area contributed by atoms with Crippen molar-refractivity contribution in [2.45, 2.75) is 25.8 Å². The Hall–Kier alpha value is -2.19. The molecule has 0 saturated carbocycles. The molecule has 1 fully saturated rings. The van der Waals surface area contributed by atoms with Crippen LogP contribution in [-0.2, 0) is 20.8 Å². The van der Waals surface area contributed by atoms with Gasteiger partial charge < -0.3 is 10.2 Å². The predicted octanol–water partition coefficient (Wildman–Crippen LogP) is 2.38. The lowest BCUT2D eigenvalue weighted by molar-refractivity contribution is -0.150. The summed E-state index contributed by atoms with van der Waals surface area (Å²) in [5.74, 6) is -3.30. The van der Waals surface area contributed by atoms with Crippen molar-refractivity contribution in [1.82, 2.24) is 4.90 Å². The summed E-state index contributed by atoms with van der Waals surface area (Å²) in [5, 5.41) is 18.1. The van der Waals surface area contributed by atoms with Crippen LogP contribution in [0.4, 0.5) is 0 Å². The molecule has 0 radical (unpaired) electrons. The van der Waals surface area contributed by atoms with Crippen LogP contribution in [0.15, 0.2) is 29.2 Å². The van der Waals surface area contributed by atoms with Gasteiger partial charge in [-0.05, 0) is 23.6 Å². The molecule has 24 heavy (non-hydrogen) atoms. The second kappa shape index (κ2) is 7.59. The second-order valence-electron chi connectivity index (χ2n) is 5.10. The Morgan fingerprint density at radius 1 is 1.29 bits per heavy atom. The van der Waals surface area contributed by atoms with E-state index < -0.39 is 30.3 Å². The molecule has 1 amide bonds. The van der Waals surface area contributed by atoms with E-state index >= 15 is 0 Å².